The Morgan fingerprint density at radius 3 is 2.14 bits per heavy atom. The zero-order chi connectivity index (χ0) is 19.9. The summed E-state index contributed by atoms with van der Waals surface area (Å²) in [6, 6.07) is 15.9. The van der Waals surface area contributed by atoms with Crippen molar-refractivity contribution in [2.24, 2.45) is 0 Å². The summed E-state index contributed by atoms with van der Waals surface area (Å²) >= 11 is 0. The van der Waals surface area contributed by atoms with Gasteiger partial charge in [-0.1, -0.05) is 24.3 Å². The van der Waals surface area contributed by atoms with E-state index in [0.29, 0.717) is 18.7 Å². The van der Waals surface area contributed by atoms with Gasteiger partial charge in [-0.3, -0.25) is 9.59 Å². The number of piperidine rings is 1. The number of rotatable bonds is 6. The lowest BCUT2D eigenvalue weighted by atomic mass is 10.1. The van der Waals surface area contributed by atoms with Crippen LogP contribution in [0.1, 0.15) is 47.7 Å². The molecular formula is C23H29N3O2. The largest absolute Gasteiger partial charge is 0.372 e. The van der Waals surface area contributed by atoms with Crippen molar-refractivity contribution in [2.45, 2.75) is 39.3 Å². The molecule has 1 aliphatic rings. The highest BCUT2D eigenvalue weighted by atomic mass is 16.2. The van der Waals surface area contributed by atoms with Crippen LogP contribution in [-0.2, 0) is 17.9 Å². The highest BCUT2D eigenvalue weighted by molar-refractivity contribution is 5.94. The second-order valence-corrected chi connectivity index (χ2v) is 7.48. The fraction of sp³-hybridized carbons (Fsp3) is 0.391. The quantitative estimate of drug-likeness (QED) is 0.835. The minimum Gasteiger partial charge on any atom is -0.372 e. The first-order valence-electron chi connectivity index (χ1n) is 9.95. The Bertz CT molecular complexity index is 794. The van der Waals surface area contributed by atoms with Crippen LogP contribution in [-0.4, -0.2) is 36.9 Å². The van der Waals surface area contributed by atoms with Gasteiger partial charge in [0.25, 0.3) is 5.91 Å². The molecule has 1 fully saturated rings. The lowest BCUT2D eigenvalue weighted by Crippen LogP contribution is -2.29. The van der Waals surface area contributed by atoms with E-state index in [4.69, 9.17) is 0 Å². The van der Waals surface area contributed by atoms with Gasteiger partial charge in [-0.15, -0.1) is 0 Å². The van der Waals surface area contributed by atoms with Gasteiger partial charge in [-0.05, 0) is 54.7 Å². The molecule has 1 aliphatic heterocycles. The number of nitrogens with one attached hydrogen (secondary N) is 1. The molecule has 148 valence electrons. The van der Waals surface area contributed by atoms with Crippen molar-refractivity contribution in [1.29, 1.82) is 0 Å². The van der Waals surface area contributed by atoms with E-state index >= 15 is 0 Å². The molecule has 0 atom stereocenters. The van der Waals surface area contributed by atoms with Gasteiger partial charge in [-0.25, -0.2) is 0 Å². The molecule has 2 aromatic rings. The minimum atomic E-state index is -0.0637. The van der Waals surface area contributed by atoms with E-state index in [1.165, 1.54) is 31.9 Å². The van der Waals surface area contributed by atoms with Crippen LogP contribution in [0.2, 0.25) is 0 Å². The number of carbonyl (C=O) groups excluding carboxylic acids is 2. The molecular weight excluding hydrogens is 350 g/mol. The predicted molar refractivity (Wildman–Crippen MR) is 112 cm³/mol. The van der Waals surface area contributed by atoms with Crippen molar-refractivity contribution < 1.29 is 9.59 Å². The van der Waals surface area contributed by atoms with Crippen LogP contribution >= 0.6 is 0 Å². The summed E-state index contributed by atoms with van der Waals surface area (Å²) < 4.78 is 0. The first-order valence-corrected chi connectivity index (χ1v) is 9.95. The number of benzene rings is 2. The van der Waals surface area contributed by atoms with E-state index in [1.807, 2.05) is 31.3 Å². The molecule has 0 spiro atoms. The number of hydrogen-bond donors (Lipinski definition) is 1. The molecule has 0 aliphatic carbocycles. The monoisotopic (exact) mass is 379 g/mol. The maximum Gasteiger partial charge on any atom is 0.253 e. The van der Waals surface area contributed by atoms with E-state index < -0.39 is 0 Å². The summed E-state index contributed by atoms with van der Waals surface area (Å²) in [5.41, 5.74) is 4.02. The molecule has 2 aromatic carbocycles. The third-order valence-electron chi connectivity index (χ3n) is 5.17. The molecule has 0 radical (unpaired) electrons. The predicted octanol–water partition coefficient (Wildman–Crippen LogP) is 3.59. The Kier molecular flexibility index (Phi) is 6.69. The standard InChI is InChI=1S/C23H29N3O2/c1-18(27)24-16-19-6-10-21(11-7-19)23(28)25(2)17-20-8-12-22(13-9-20)26-14-4-3-5-15-26/h6-13H,3-5,14-17H2,1-2H3,(H,24,27). The molecule has 1 N–H and O–H groups in total. The lowest BCUT2D eigenvalue weighted by Gasteiger charge is -2.29. The van der Waals surface area contributed by atoms with Crippen molar-refractivity contribution in [3.05, 3.63) is 65.2 Å². The Morgan fingerprint density at radius 2 is 1.54 bits per heavy atom. The first-order chi connectivity index (χ1) is 13.5. The van der Waals surface area contributed by atoms with Gasteiger partial charge in [0.15, 0.2) is 0 Å². The molecule has 5 heteroatoms. The SMILES string of the molecule is CC(=O)NCc1ccc(C(=O)N(C)Cc2ccc(N3CCCCC3)cc2)cc1. The van der Waals surface area contributed by atoms with Crippen LogP contribution in [0.4, 0.5) is 5.69 Å². The van der Waals surface area contributed by atoms with E-state index in [9.17, 15) is 9.59 Å². The van der Waals surface area contributed by atoms with Crippen molar-refractivity contribution in [3.63, 3.8) is 0 Å². The van der Waals surface area contributed by atoms with Crippen molar-refractivity contribution >= 4 is 17.5 Å². The topological polar surface area (TPSA) is 52.7 Å². The average molecular weight is 380 g/mol. The van der Waals surface area contributed by atoms with Crippen LogP contribution in [0.15, 0.2) is 48.5 Å². The molecule has 5 nitrogen and oxygen atoms in total. The molecule has 1 heterocycles. The van der Waals surface area contributed by atoms with Crippen LogP contribution in [0.5, 0.6) is 0 Å². The summed E-state index contributed by atoms with van der Waals surface area (Å²) in [6.45, 7) is 4.81. The number of anilines is 1. The number of hydrogen-bond acceptors (Lipinski definition) is 3. The zero-order valence-electron chi connectivity index (χ0n) is 16.8. The van der Waals surface area contributed by atoms with E-state index in [-0.39, 0.29) is 11.8 Å². The fourth-order valence-corrected chi connectivity index (χ4v) is 3.52. The van der Waals surface area contributed by atoms with Gasteiger partial charge in [0, 0.05) is 51.4 Å². The highest BCUT2D eigenvalue weighted by Crippen LogP contribution is 2.21. The average Bonchev–Trinajstić information content (AvgIpc) is 2.73. The highest BCUT2D eigenvalue weighted by Gasteiger charge is 2.14. The minimum absolute atomic E-state index is 0.00816. The van der Waals surface area contributed by atoms with Crippen LogP contribution in [0.3, 0.4) is 0 Å². The maximum absolute atomic E-state index is 12.7. The Hall–Kier alpha value is -2.82. The van der Waals surface area contributed by atoms with Gasteiger partial charge in [0.05, 0.1) is 0 Å². The molecule has 0 bridgehead atoms. The summed E-state index contributed by atoms with van der Waals surface area (Å²) in [7, 11) is 1.83. The Labute approximate surface area is 167 Å². The number of carbonyl (C=O) groups is 2. The van der Waals surface area contributed by atoms with E-state index in [0.717, 1.165) is 24.2 Å². The zero-order valence-corrected chi connectivity index (χ0v) is 16.8. The van der Waals surface area contributed by atoms with Gasteiger partial charge in [0.1, 0.15) is 0 Å². The molecule has 0 unspecified atom stereocenters. The molecule has 3 rings (SSSR count). The maximum atomic E-state index is 12.7. The van der Waals surface area contributed by atoms with E-state index in [2.05, 4.69) is 34.5 Å². The Balaban J connectivity index is 1.56. The van der Waals surface area contributed by atoms with Crippen molar-refractivity contribution in [1.82, 2.24) is 10.2 Å². The smallest absolute Gasteiger partial charge is 0.253 e. The fourth-order valence-electron chi connectivity index (χ4n) is 3.52. The van der Waals surface area contributed by atoms with Crippen LogP contribution in [0, 0.1) is 0 Å². The third-order valence-corrected chi connectivity index (χ3v) is 5.17. The normalized spacial score (nSPS) is 13.9. The molecule has 0 aromatic heterocycles. The third kappa shape index (κ3) is 5.35. The summed E-state index contributed by atoms with van der Waals surface area (Å²) in [5, 5.41) is 2.76. The van der Waals surface area contributed by atoms with Gasteiger partial charge in [-0.2, -0.15) is 0 Å². The van der Waals surface area contributed by atoms with Crippen LogP contribution in [0.25, 0.3) is 0 Å². The summed E-state index contributed by atoms with van der Waals surface area (Å²) in [4.78, 5) is 27.9. The summed E-state index contributed by atoms with van der Waals surface area (Å²) in [5.74, 6) is -0.0719. The molecule has 28 heavy (non-hydrogen) atoms. The van der Waals surface area contributed by atoms with E-state index in [1.54, 1.807) is 4.90 Å². The molecule has 1 saturated heterocycles. The Morgan fingerprint density at radius 1 is 0.929 bits per heavy atom. The first kappa shape index (κ1) is 19.9. The van der Waals surface area contributed by atoms with Crippen LogP contribution < -0.4 is 10.2 Å². The summed E-state index contributed by atoms with van der Waals surface area (Å²) in [6.07, 6.45) is 3.86. The molecule has 2 amide bonds. The molecule has 0 saturated carbocycles. The number of nitrogens with zero attached hydrogens (tertiary/aromatic N) is 2. The number of amides is 2. The van der Waals surface area contributed by atoms with Gasteiger partial charge in [0.2, 0.25) is 5.91 Å². The van der Waals surface area contributed by atoms with Crippen molar-refractivity contribution in [3.8, 4) is 0 Å². The van der Waals surface area contributed by atoms with Crippen molar-refractivity contribution in [2.75, 3.05) is 25.0 Å². The lowest BCUT2D eigenvalue weighted by molar-refractivity contribution is -0.119. The second-order valence-electron chi connectivity index (χ2n) is 7.48. The second kappa shape index (κ2) is 9.40. The van der Waals surface area contributed by atoms with Gasteiger partial charge < -0.3 is 15.1 Å². The van der Waals surface area contributed by atoms with Gasteiger partial charge >= 0.3 is 0 Å².